The van der Waals surface area contributed by atoms with Crippen LogP contribution in [0.1, 0.15) is 19.8 Å². The third-order valence-corrected chi connectivity index (χ3v) is 4.85. The lowest BCUT2D eigenvalue weighted by Crippen LogP contribution is -2.02. The van der Waals surface area contributed by atoms with Crippen molar-refractivity contribution in [3.8, 4) is 20.9 Å². The molecule has 1 nitrogen and oxygen atoms in total. The summed E-state index contributed by atoms with van der Waals surface area (Å²) < 4.78 is 0. The van der Waals surface area contributed by atoms with Gasteiger partial charge in [-0.2, -0.15) is 0 Å². The van der Waals surface area contributed by atoms with Crippen LogP contribution in [0.5, 0.6) is 0 Å². The number of hydrogen-bond donors (Lipinski definition) is 0. The van der Waals surface area contributed by atoms with Gasteiger partial charge < -0.3 is 0 Å². The van der Waals surface area contributed by atoms with Crippen LogP contribution in [0.4, 0.5) is 0 Å². The fraction of sp³-hybridized carbons (Fsp3) is 0.190. The molecule has 0 spiro atoms. The van der Waals surface area contributed by atoms with Crippen molar-refractivity contribution in [1.29, 1.82) is 0 Å². The topological polar surface area (TPSA) is 12.4 Å². The van der Waals surface area contributed by atoms with E-state index in [1.54, 1.807) is 0 Å². The van der Waals surface area contributed by atoms with Crippen LogP contribution >= 0.6 is 11.3 Å². The van der Waals surface area contributed by atoms with Gasteiger partial charge in [0, 0.05) is 16.3 Å². The van der Waals surface area contributed by atoms with Gasteiger partial charge in [-0.25, -0.2) is 0 Å². The van der Waals surface area contributed by atoms with Crippen molar-refractivity contribution in [1.82, 2.24) is 0 Å². The van der Waals surface area contributed by atoms with Crippen molar-refractivity contribution >= 4 is 11.3 Å². The average Bonchev–Trinajstić information content (AvgIpc) is 2.63. The predicted molar refractivity (Wildman–Crippen MR) is 101 cm³/mol. The van der Waals surface area contributed by atoms with Gasteiger partial charge in [-0.15, -0.1) is 11.3 Å². The average molecular weight is 319 g/mol. The summed E-state index contributed by atoms with van der Waals surface area (Å²) in [4.78, 5) is 7.31. The molecule has 0 N–H and O–H groups in total. The van der Waals surface area contributed by atoms with Gasteiger partial charge in [0.05, 0.1) is 5.36 Å². The third-order valence-electron chi connectivity index (χ3n) is 3.70. The van der Waals surface area contributed by atoms with Crippen molar-refractivity contribution in [2.75, 3.05) is 6.54 Å². The number of nitrogens with zero attached hydrogens (tertiary/aromatic N) is 1. The maximum absolute atomic E-state index is 4.77. The summed E-state index contributed by atoms with van der Waals surface area (Å²) in [5.74, 6) is 0. The molecule has 23 heavy (non-hydrogen) atoms. The Morgan fingerprint density at radius 1 is 0.783 bits per heavy atom. The van der Waals surface area contributed by atoms with E-state index in [0.29, 0.717) is 0 Å². The second-order valence-corrected chi connectivity index (χ2v) is 6.60. The lowest BCUT2D eigenvalue weighted by Gasteiger charge is -2.06. The standard InChI is InChI=1S/C21H21NS/c1-2-3-14-22-19-15-20(17-10-6-4-7-11-17)23-21(16-19)18-12-8-5-9-13-18/h4-13,15-16H,2-3,14H2,1H3. The lowest BCUT2D eigenvalue weighted by molar-refractivity contribution is 0.794. The summed E-state index contributed by atoms with van der Waals surface area (Å²) in [6.07, 6.45) is 2.32. The summed E-state index contributed by atoms with van der Waals surface area (Å²) in [5.41, 5.74) is 2.50. The molecule has 0 saturated heterocycles. The quantitative estimate of drug-likeness (QED) is 0.528. The highest BCUT2D eigenvalue weighted by molar-refractivity contribution is 7.18. The second-order valence-electron chi connectivity index (χ2n) is 5.51. The van der Waals surface area contributed by atoms with E-state index in [1.165, 1.54) is 27.3 Å². The van der Waals surface area contributed by atoms with Gasteiger partial charge in [0.15, 0.2) is 0 Å². The molecule has 1 heterocycles. The van der Waals surface area contributed by atoms with Crippen molar-refractivity contribution in [3.63, 3.8) is 0 Å². The summed E-state index contributed by atoms with van der Waals surface area (Å²) in [6.45, 7) is 3.10. The molecule has 0 radical (unpaired) electrons. The summed E-state index contributed by atoms with van der Waals surface area (Å²) in [5, 5.41) is 1.08. The van der Waals surface area contributed by atoms with Crippen LogP contribution in [0.3, 0.4) is 0 Å². The van der Waals surface area contributed by atoms with E-state index < -0.39 is 0 Å². The lowest BCUT2D eigenvalue weighted by atomic mass is 10.1. The number of hydrogen-bond acceptors (Lipinski definition) is 2. The molecule has 3 aromatic rings. The predicted octanol–water partition coefficient (Wildman–Crippen LogP) is 5.78. The molecule has 0 aliphatic heterocycles. The Balaban J connectivity index is 2.09. The molecule has 0 atom stereocenters. The largest absolute Gasteiger partial charge is 0.285 e. The normalized spacial score (nSPS) is 10.5. The van der Waals surface area contributed by atoms with E-state index >= 15 is 0 Å². The fourth-order valence-corrected chi connectivity index (χ4v) is 3.54. The van der Waals surface area contributed by atoms with Crippen LogP contribution in [0, 0.1) is 0 Å². The Bertz CT molecular complexity index is 743. The van der Waals surface area contributed by atoms with Gasteiger partial charge in [-0.3, -0.25) is 4.99 Å². The van der Waals surface area contributed by atoms with E-state index in [1.807, 2.05) is 11.3 Å². The monoisotopic (exact) mass is 319 g/mol. The highest BCUT2D eigenvalue weighted by Gasteiger charge is 2.04. The molecule has 0 aliphatic carbocycles. The molecule has 0 aliphatic rings. The second kappa shape index (κ2) is 7.89. The van der Waals surface area contributed by atoms with Gasteiger partial charge in [-0.1, -0.05) is 74.0 Å². The Labute approximate surface area is 142 Å². The van der Waals surface area contributed by atoms with Crippen LogP contribution in [-0.2, 0) is 0 Å². The Morgan fingerprint density at radius 2 is 1.30 bits per heavy atom. The van der Waals surface area contributed by atoms with Crippen LogP contribution in [0.15, 0.2) is 77.8 Å². The SMILES string of the molecule is CCCCN=c1cc(-c2ccccc2)sc(-c2ccccc2)c1. The minimum Gasteiger partial charge on any atom is -0.285 e. The molecule has 0 bridgehead atoms. The Hall–Kier alpha value is -2.19. The fourth-order valence-electron chi connectivity index (χ4n) is 2.43. The third kappa shape index (κ3) is 4.17. The first kappa shape index (κ1) is 15.7. The van der Waals surface area contributed by atoms with Crippen molar-refractivity contribution in [2.24, 2.45) is 4.99 Å². The number of unbranched alkanes of at least 4 members (excludes halogenated alkanes) is 1. The van der Waals surface area contributed by atoms with E-state index in [4.69, 9.17) is 4.99 Å². The first-order valence-electron chi connectivity index (χ1n) is 8.13. The van der Waals surface area contributed by atoms with Gasteiger partial charge in [-0.05, 0) is 29.7 Å². The van der Waals surface area contributed by atoms with Gasteiger partial charge in [0.1, 0.15) is 0 Å². The zero-order valence-corrected chi connectivity index (χ0v) is 14.2. The maximum Gasteiger partial charge on any atom is 0.0602 e. The van der Waals surface area contributed by atoms with Gasteiger partial charge in [0.25, 0.3) is 0 Å². The van der Waals surface area contributed by atoms with Crippen molar-refractivity contribution < 1.29 is 0 Å². The van der Waals surface area contributed by atoms with Gasteiger partial charge in [0.2, 0.25) is 0 Å². The highest BCUT2D eigenvalue weighted by atomic mass is 32.1. The van der Waals surface area contributed by atoms with Crippen LogP contribution in [0.25, 0.3) is 20.9 Å². The molecule has 1 aromatic heterocycles. The molecule has 0 unspecified atom stereocenters. The van der Waals surface area contributed by atoms with Gasteiger partial charge >= 0.3 is 0 Å². The molecule has 3 rings (SSSR count). The summed E-state index contributed by atoms with van der Waals surface area (Å²) >= 11 is 1.82. The molecule has 116 valence electrons. The van der Waals surface area contributed by atoms with Crippen molar-refractivity contribution in [2.45, 2.75) is 19.8 Å². The zero-order valence-electron chi connectivity index (χ0n) is 13.4. The maximum atomic E-state index is 4.77. The molecule has 2 aromatic carbocycles. The van der Waals surface area contributed by atoms with E-state index in [9.17, 15) is 0 Å². The number of benzene rings is 2. The Morgan fingerprint density at radius 3 is 1.78 bits per heavy atom. The zero-order chi connectivity index (χ0) is 15.9. The highest BCUT2D eigenvalue weighted by Crippen LogP contribution is 2.30. The molecular formula is C21H21NS. The molecule has 2 heteroatoms. The molecule has 0 saturated carbocycles. The minimum absolute atomic E-state index is 0.896. The smallest absolute Gasteiger partial charge is 0.0602 e. The van der Waals surface area contributed by atoms with Crippen LogP contribution in [0.2, 0.25) is 0 Å². The van der Waals surface area contributed by atoms with Crippen molar-refractivity contribution in [3.05, 3.63) is 78.2 Å². The first-order valence-corrected chi connectivity index (χ1v) is 8.95. The van der Waals surface area contributed by atoms with Crippen LogP contribution in [-0.4, -0.2) is 6.54 Å². The summed E-state index contributed by atoms with van der Waals surface area (Å²) in [6, 6.07) is 25.5. The van der Waals surface area contributed by atoms with E-state index in [-0.39, 0.29) is 0 Å². The molecule has 0 fully saturated rings. The van der Waals surface area contributed by atoms with E-state index in [2.05, 4.69) is 79.7 Å². The first-order chi connectivity index (χ1) is 11.4. The molecular weight excluding hydrogens is 298 g/mol. The summed E-state index contributed by atoms with van der Waals surface area (Å²) in [7, 11) is 0. The Kier molecular flexibility index (Phi) is 5.38. The molecule has 0 amide bonds. The van der Waals surface area contributed by atoms with E-state index in [0.717, 1.165) is 18.3 Å². The number of rotatable bonds is 5. The van der Waals surface area contributed by atoms with Crippen LogP contribution < -0.4 is 5.36 Å². The minimum atomic E-state index is 0.896.